The molecule has 0 radical (unpaired) electrons. The van der Waals surface area contributed by atoms with E-state index in [0.717, 1.165) is 0 Å². The van der Waals surface area contributed by atoms with E-state index in [1.54, 1.807) is 0 Å². The van der Waals surface area contributed by atoms with Crippen molar-refractivity contribution in [2.45, 2.75) is 60.8 Å². The van der Waals surface area contributed by atoms with E-state index >= 15 is 0 Å². The standard InChI is InChI=1S/C15H31N/c1-13(2,3)15(14(4,5)6)9-8-11-16(7)12-10-15/h8-12H2,1-7H3. The Bertz CT molecular complexity index is 215. The fourth-order valence-corrected chi connectivity index (χ4v) is 3.89. The van der Waals surface area contributed by atoms with Crippen molar-refractivity contribution < 1.29 is 0 Å². The SMILES string of the molecule is CN1CCCC(C(C)(C)C)(C(C)(C)C)CC1. The minimum absolute atomic E-state index is 0.399. The van der Waals surface area contributed by atoms with Gasteiger partial charge >= 0.3 is 0 Å². The Morgan fingerprint density at radius 1 is 0.812 bits per heavy atom. The van der Waals surface area contributed by atoms with Crippen LogP contribution in [0.25, 0.3) is 0 Å². The zero-order valence-corrected chi connectivity index (χ0v) is 12.5. The minimum Gasteiger partial charge on any atom is -0.306 e. The average molecular weight is 225 g/mol. The second kappa shape index (κ2) is 4.33. The van der Waals surface area contributed by atoms with E-state index < -0.39 is 0 Å². The van der Waals surface area contributed by atoms with Crippen LogP contribution in [0.4, 0.5) is 0 Å². The molecule has 1 rings (SSSR count). The molecule has 1 nitrogen and oxygen atoms in total. The normalized spacial score (nSPS) is 24.2. The molecule has 0 aromatic rings. The van der Waals surface area contributed by atoms with Crippen LogP contribution < -0.4 is 0 Å². The summed E-state index contributed by atoms with van der Waals surface area (Å²) in [5.41, 5.74) is 1.28. The fraction of sp³-hybridized carbons (Fsp3) is 1.00. The molecule has 0 amide bonds. The highest BCUT2D eigenvalue weighted by Gasteiger charge is 2.49. The molecule has 0 atom stereocenters. The second-order valence-electron chi connectivity index (χ2n) is 7.74. The van der Waals surface area contributed by atoms with Crippen LogP contribution >= 0.6 is 0 Å². The third-order valence-electron chi connectivity index (χ3n) is 4.94. The summed E-state index contributed by atoms with van der Waals surface area (Å²) in [6, 6.07) is 0. The summed E-state index contributed by atoms with van der Waals surface area (Å²) in [6.07, 6.45) is 4.08. The third-order valence-corrected chi connectivity index (χ3v) is 4.94. The van der Waals surface area contributed by atoms with Gasteiger partial charge in [0.15, 0.2) is 0 Å². The van der Waals surface area contributed by atoms with E-state index in [1.807, 2.05) is 0 Å². The van der Waals surface area contributed by atoms with Crippen molar-refractivity contribution in [3.05, 3.63) is 0 Å². The van der Waals surface area contributed by atoms with Gasteiger partial charge in [0.2, 0.25) is 0 Å². The summed E-state index contributed by atoms with van der Waals surface area (Å²) in [5.74, 6) is 0. The number of nitrogens with zero attached hydrogens (tertiary/aromatic N) is 1. The highest BCUT2D eigenvalue weighted by molar-refractivity contribution is 4.99. The van der Waals surface area contributed by atoms with Gasteiger partial charge in [-0.15, -0.1) is 0 Å². The molecule has 0 aromatic heterocycles. The maximum Gasteiger partial charge on any atom is -0.00161 e. The molecule has 16 heavy (non-hydrogen) atoms. The molecule has 0 spiro atoms. The molecule has 1 aliphatic rings. The monoisotopic (exact) mass is 225 g/mol. The Hall–Kier alpha value is -0.0400. The molecule has 1 fully saturated rings. The van der Waals surface area contributed by atoms with Gasteiger partial charge in [-0.1, -0.05) is 41.5 Å². The maximum absolute atomic E-state index is 2.50. The second-order valence-corrected chi connectivity index (χ2v) is 7.74. The minimum atomic E-state index is 0.399. The predicted molar refractivity (Wildman–Crippen MR) is 72.7 cm³/mol. The summed E-state index contributed by atoms with van der Waals surface area (Å²) in [7, 11) is 2.27. The van der Waals surface area contributed by atoms with Gasteiger partial charge < -0.3 is 4.90 Å². The van der Waals surface area contributed by atoms with Crippen LogP contribution in [0.5, 0.6) is 0 Å². The van der Waals surface area contributed by atoms with Crippen molar-refractivity contribution >= 4 is 0 Å². The molecular weight excluding hydrogens is 194 g/mol. The van der Waals surface area contributed by atoms with Crippen LogP contribution in [0.3, 0.4) is 0 Å². The maximum atomic E-state index is 2.50. The molecule has 0 unspecified atom stereocenters. The quantitative estimate of drug-likeness (QED) is 0.598. The van der Waals surface area contributed by atoms with Crippen molar-refractivity contribution in [3.63, 3.8) is 0 Å². The zero-order chi connectivity index (χ0) is 12.6. The smallest absolute Gasteiger partial charge is 0.00161 e. The average Bonchev–Trinajstić information content (AvgIpc) is 2.24. The summed E-state index contributed by atoms with van der Waals surface area (Å²) >= 11 is 0. The molecule has 0 aromatic carbocycles. The lowest BCUT2D eigenvalue weighted by Gasteiger charge is -2.54. The van der Waals surface area contributed by atoms with Crippen molar-refractivity contribution in [2.24, 2.45) is 16.2 Å². The molecule has 96 valence electrons. The highest BCUT2D eigenvalue weighted by Crippen LogP contribution is 2.57. The molecule has 1 aliphatic heterocycles. The fourth-order valence-electron chi connectivity index (χ4n) is 3.89. The number of hydrogen-bond acceptors (Lipinski definition) is 1. The molecule has 0 bridgehead atoms. The molecule has 0 saturated carbocycles. The number of likely N-dealkylation sites (tertiary alicyclic amines) is 1. The van der Waals surface area contributed by atoms with Crippen LogP contribution in [0.1, 0.15) is 60.8 Å². The van der Waals surface area contributed by atoms with Gasteiger partial charge in [-0.2, -0.15) is 0 Å². The Labute approximate surface area is 103 Å². The van der Waals surface area contributed by atoms with Crippen LogP contribution in [0.15, 0.2) is 0 Å². The zero-order valence-electron chi connectivity index (χ0n) is 12.5. The van der Waals surface area contributed by atoms with Gasteiger partial charge in [0.05, 0.1) is 0 Å². The van der Waals surface area contributed by atoms with Gasteiger partial charge in [0.1, 0.15) is 0 Å². The molecule has 0 aliphatic carbocycles. The lowest BCUT2D eigenvalue weighted by molar-refractivity contribution is -0.0449. The lowest BCUT2D eigenvalue weighted by atomic mass is 9.51. The first-order valence-corrected chi connectivity index (χ1v) is 6.79. The Morgan fingerprint density at radius 3 is 1.75 bits per heavy atom. The highest BCUT2D eigenvalue weighted by atomic mass is 15.1. The van der Waals surface area contributed by atoms with E-state index in [4.69, 9.17) is 0 Å². The van der Waals surface area contributed by atoms with E-state index in [2.05, 4.69) is 53.5 Å². The largest absolute Gasteiger partial charge is 0.306 e. The van der Waals surface area contributed by atoms with E-state index in [0.29, 0.717) is 16.2 Å². The first kappa shape index (κ1) is 14.0. The predicted octanol–water partition coefficient (Wildman–Crippen LogP) is 4.18. The van der Waals surface area contributed by atoms with Gasteiger partial charge in [0.25, 0.3) is 0 Å². The Kier molecular flexibility index (Phi) is 3.79. The number of hydrogen-bond donors (Lipinski definition) is 0. The topological polar surface area (TPSA) is 3.24 Å². The van der Waals surface area contributed by atoms with Crippen LogP contribution in [0, 0.1) is 16.2 Å². The molecule has 1 saturated heterocycles. The van der Waals surface area contributed by atoms with E-state index in [1.165, 1.54) is 32.4 Å². The van der Waals surface area contributed by atoms with Crippen LogP contribution in [0.2, 0.25) is 0 Å². The summed E-state index contributed by atoms with van der Waals surface area (Å²) in [6.45, 7) is 17.1. The number of rotatable bonds is 0. The van der Waals surface area contributed by atoms with Crippen LogP contribution in [-0.4, -0.2) is 25.0 Å². The summed E-state index contributed by atoms with van der Waals surface area (Å²) < 4.78 is 0. The first-order valence-electron chi connectivity index (χ1n) is 6.79. The lowest BCUT2D eigenvalue weighted by Crippen LogP contribution is -2.46. The van der Waals surface area contributed by atoms with E-state index in [9.17, 15) is 0 Å². The van der Waals surface area contributed by atoms with Gasteiger partial charge in [-0.05, 0) is 55.6 Å². The molecule has 1 heteroatoms. The van der Waals surface area contributed by atoms with Crippen molar-refractivity contribution in [1.82, 2.24) is 4.90 Å². The summed E-state index contributed by atoms with van der Waals surface area (Å²) in [4.78, 5) is 2.50. The Balaban J connectivity index is 3.05. The first-order chi connectivity index (χ1) is 7.10. The van der Waals surface area contributed by atoms with Gasteiger partial charge in [-0.25, -0.2) is 0 Å². The van der Waals surface area contributed by atoms with Crippen molar-refractivity contribution in [1.29, 1.82) is 0 Å². The molecule has 1 heterocycles. The van der Waals surface area contributed by atoms with Gasteiger partial charge in [0, 0.05) is 0 Å². The molecular formula is C15H31N. The third kappa shape index (κ3) is 2.45. The van der Waals surface area contributed by atoms with Crippen LogP contribution in [-0.2, 0) is 0 Å². The Morgan fingerprint density at radius 2 is 1.31 bits per heavy atom. The van der Waals surface area contributed by atoms with Crippen molar-refractivity contribution in [3.8, 4) is 0 Å². The summed E-state index contributed by atoms with van der Waals surface area (Å²) in [5, 5.41) is 0. The van der Waals surface area contributed by atoms with E-state index in [-0.39, 0.29) is 0 Å². The molecule has 0 N–H and O–H groups in total. The van der Waals surface area contributed by atoms with Gasteiger partial charge in [-0.3, -0.25) is 0 Å². The van der Waals surface area contributed by atoms with Crippen molar-refractivity contribution in [2.75, 3.05) is 20.1 Å².